The third kappa shape index (κ3) is 3.05. The zero-order chi connectivity index (χ0) is 14.0. The number of nitrogens with one attached hydrogen (secondary N) is 1. The van der Waals surface area contributed by atoms with Gasteiger partial charge < -0.3 is 5.73 Å². The second-order valence-corrected chi connectivity index (χ2v) is 5.23. The number of nitrogen functional groups attached to an aromatic ring is 1. The molecule has 3 N–H and O–H groups in total. The van der Waals surface area contributed by atoms with Gasteiger partial charge in [-0.3, -0.25) is 5.41 Å². The quantitative estimate of drug-likeness (QED) is 0.663. The fourth-order valence-corrected chi connectivity index (χ4v) is 2.87. The summed E-state index contributed by atoms with van der Waals surface area (Å²) >= 11 is 7.15. The van der Waals surface area contributed by atoms with Crippen molar-refractivity contribution in [1.82, 2.24) is 0 Å². The number of amidine groups is 1. The Bertz CT molecular complexity index is 647. The van der Waals surface area contributed by atoms with Crippen molar-refractivity contribution in [2.24, 2.45) is 5.73 Å². The fraction of sp³-hybridized carbons (Fsp3) is 0. The Balaban J connectivity index is 2.40. The van der Waals surface area contributed by atoms with Gasteiger partial charge in [0.15, 0.2) is 11.6 Å². The molecular formula is C13H9ClF2N2S. The van der Waals surface area contributed by atoms with E-state index in [1.807, 2.05) is 0 Å². The van der Waals surface area contributed by atoms with Crippen LogP contribution < -0.4 is 5.73 Å². The molecule has 0 saturated carbocycles. The van der Waals surface area contributed by atoms with Gasteiger partial charge in [0, 0.05) is 15.4 Å². The van der Waals surface area contributed by atoms with Crippen molar-refractivity contribution in [1.29, 1.82) is 5.41 Å². The zero-order valence-corrected chi connectivity index (χ0v) is 11.2. The molecular weight excluding hydrogens is 290 g/mol. The van der Waals surface area contributed by atoms with Gasteiger partial charge >= 0.3 is 0 Å². The van der Waals surface area contributed by atoms with Crippen LogP contribution in [0.4, 0.5) is 8.78 Å². The summed E-state index contributed by atoms with van der Waals surface area (Å²) in [6.45, 7) is 0. The standard InChI is InChI=1S/C13H9ClF2N2S/c14-8-2-1-3-11(12(8)13(17)18)19-7-4-5-9(15)10(16)6-7/h1-6H,(H3,17,18). The lowest BCUT2D eigenvalue weighted by Crippen LogP contribution is -2.12. The minimum absolute atomic E-state index is 0.171. The maximum atomic E-state index is 13.1. The molecule has 0 unspecified atom stereocenters. The predicted octanol–water partition coefficient (Wildman–Crippen LogP) is 4.05. The molecule has 98 valence electrons. The second kappa shape index (κ2) is 5.59. The van der Waals surface area contributed by atoms with E-state index in [4.69, 9.17) is 22.7 Å². The van der Waals surface area contributed by atoms with Crippen molar-refractivity contribution in [2.75, 3.05) is 0 Å². The van der Waals surface area contributed by atoms with E-state index < -0.39 is 11.6 Å². The number of halogens is 3. The average molecular weight is 299 g/mol. The molecule has 0 amide bonds. The number of benzene rings is 2. The predicted molar refractivity (Wildman–Crippen MR) is 72.9 cm³/mol. The molecule has 0 radical (unpaired) electrons. The first kappa shape index (κ1) is 13.8. The van der Waals surface area contributed by atoms with E-state index in [0.29, 0.717) is 20.4 Å². The summed E-state index contributed by atoms with van der Waals surface area (Å²) in [5.41, 5.74) is 5.86. The molecule has 0 fully saturated rings. The smallest absolute Gasteiger partial charge is 0.159 e. The van der Waals surface area contributed by atoms with Gasteiger partial charge in [0.2, 0.25) is 0 Å². The van der Waals surface area contributed by atoms with Crippen LogP contribution in [0.15, 0.2) is 46.2 Å². The van der Waals surface area contributed by atoms with Crippen LogP contribution in [0.5, 0.6) is 0 Å². The summed E-state index contributed by atoms with van der Waals surface area (Å²) in [7, 11) is 0. The van der Waals surface area contributed by atoms with E-state index in [9.17, 15) is 8.78 Å². The van der Waals surface area contributed by atoms with Crippen LogP contribution >= 0.6 is 23.4 Å². The summed E-state index contributed by atoms with van der Waals surface area (Å²) < 4.78 is 26.0. The Morgan fingerprint density at radius 2 is 1.89 bits per heavy atom. The van der Waals surface area contributed by atoms with E-state index >= 15 is 0 Å². The highest BCUT2D eigenvalue weighted by molar-refractivity contribution is 7.99. The molecule has 0 spiro atoms. The molecule has 2 rings (SSSR count). The summed E-state index contributed by atoms with van der Waals surface area (Å²) in [6, 6.07) is 8.63. The lowest BCUT2D eigenvalue weighted by molar-refractivity contribution is 0.506. The number of hydrogen-bond acceptors (Lipinski definition) is 2. The van der Waals surface area contributed by atoms with E-state index in [-0.39, 0.29) is 5.84 Å². The lowest BCUT2D eigenvalue weighted by atomic mass is 10.2. The Morgan fingerprint density at radius 3 is 2.53 bits per heavy atom. The minimum Gasteiger partial charge on any atom is -0.384 e. The molecule has 0 aliphatic carbocycles. The molecule has 0 aromatic heterocycles. The maximum Gasteiger partial charge on any atom is 0.159 e. The highest BCUT2D eigenvalue weighted by Crippen LogP contribution is 2.34. The molecule has 6 heteroatoms. The van der Waals surface area contributed by atoms with Gasteiger partial charge in [0.05, 0.1) is 5.02 Å². The molecule has 0 aliphatic heterocycles. The molecule has 0 bridgehead atoms. The third-order valence-electron chi connectivity index (χ3n) is 2.36. The van der Waals surface area contributed by atoms with Gasteiger partial charge in [-0.1, -0.05) is 29.4 Å². The molecule has 19 heavy (non-hydrogen) atoms. The van der Waals surface area contributed by atoms with Gasteiger partial charge in [-0.25, -0.2) is 8.78 Å². The zero-order valence-electron chi connectivity index (χ0n) is 9.58. The van der Waals surface area contributed by atoms with Crippen LogP contribution in [-0.4, -0.2) is 5.84 Å². The Morgan fingerprint density at radius 1 is 1.16 bits per heavy atom. The third-order valence-corrected chi connectivity index (χ3v) is 3.73. The SMILES string of the molecule is N=C(N)c1c(Cl)cccc1Sc1ccc(F)c(F)c1. The van der Waals surface area contributed by atoms with Crippen molar-refractivity contribution >= 4 is 29.2 Å². The normalized spacial score (nSPS) is 10.5. The largest absolute Gasteiger partial charge is 0.384 e. The molecule has 0 atom stereocenters. The van der Waals surface area contributed by atoms with Crippen molar-refractivity contribution in [3.8, 4) is 0 Å². The van der Waals surface area contributed by atoms with Gasteiger partial charge in [-0.15, -0.1) is 0 Å². The Labute approximate surface area is 118 Å². The fourth-order valence-electron chi connectivity index (χ4n) is 1.52. The van der Waals surface area contributed by atoms with Crippen LogP contribution in [0.2, 0.25) is 5.02 Å². The van der Waals surface area contributed by atoms with Gasteiger partial charge in [-0.2, -0.15) is 0 Å². The summed E-state index contributed by atoms with van der Waals surface area (Å²) in [5, 5.41) is 7.85. The molecule has 2 nitrogen and oxygen atoms in total. The molecule has 0 heterocycles. The van der Waals surface area contributed by atoms with Crippen LogP contribution in [0.1, 0.15) is 5.56 Å². The molecule has 0 aliphatic rings. The first-order chi connectivity index (χ1) is 8.99. The molecule has 2 aromatic carbocycles. The first-order valence-electron chi connectivity index (χ1n) is 5.25. The van der Waals surface area contributed by atoms with Gasteiger partial charge in [0.1, 0.15) is 5.84 Å². The molecule has 2 aromatic rings. The number of hydrogen-bond donors (Lipinski definition) is 2. The topological polar surface area (TPSA) is 49.9 Å². The average Bonchev–Trinajstić information content (AvgIpc) is 2.33. The number of rotatable bonds is 3. The van der Waals surface area contributed by atoms with E-state index in [2.05, 4.69) is 0 Å². The van der Waals surface area contributed by atoms with Crippen molar-refractivity contribution in [2.45, 2.75) is 9.79 Å². The summed E-state index contributed by atoms with van der Waals surface area (Å²) in [5.74, 6) is -1.99. The van der Waals surface area contributed by atoms with Crippen LogP contribution in [-0.2, 0) is 0 Å². The summed E-state index contributed by atoms with van der Waals surface area (Å²) in [4.78, 5) is 1.12. The van der Waals surface area contributed by atoms with Crippen LogP contribution in [0.25, 0.3) is 0 Å². The van der Waals surface area contributed by atoms with Crippen molar-refractivity contribution in [3.05, 3.63) is 58.6 Å². The van der Waals surface area contributed by atoms with Crippen LogP contribution in [0.3, 0.4) is 0 Å². The van der Waals surface area contributed by atoms with E-state index in [0.717, 1.165) is 12.1 Å². The summed E-state index contributed by atoms with van der Waals surface area (Å²) in [6.07, 6.45) is 0. The van der Waals surface area contributed by atoms with Crippen molar-refractivity contribution < 1.29 is 8.78 Å². The highest BCUT2D eigenvalue weighted by Gasteiger charge is 2.12. The Hall–Kier alpha value is -1.59. The first-order valence-corrected chi connectivity index (χ1v) is 6.44. The van der Waals surface area contributed by atoms with Gasteiger partial charge in [0.25, 0.3) is 0 Å². The second-order valence-electron chi connectivity index (χ2n) is 3.70. The van der Waals surface area contributed by atoms with E-state index in [1.54, 1.807) is 18.2 Å². The van der Waals surface area contributed by atoms with E-state index in [1.165, 1.54) is 17.8 Å². The number of nitrogens with two attached hydrogens (primary N) is 1. The monoisotopic (exact) mass is 298 g/mol. The van der Waals surface area contributed by atoms with Crippen molar-refractivity contribution in [3.63, 3.8) is 0 Å². The minimum atomic E-state index is -0.920. The lowest BCUT2D eigenvalue weighted by Gasteiger charge is -2.09. The Kier molecular flexibility index (Phi) is 4.07. The highest BCUT2D eigenvalue weighted by atomic mass is 35.5. The maximum absolute atomic E-state index is 13.1. The van der Waals surface area contributed by atoms with Crippen LogP contribution in [0, 0.1) is 17.0 Å². The molecule has 0 saturated heterocycles. The van der Waals surface area contributed by atoms with Gasteiger partial charge in [-0.05, 0) is 30.3 Å².